The van der Waals surface area contributed by atoms with Crippen molar-refractivity contribution >= 4 is 35.3 Å². The van der Waals surface area contributed by atoms with Gasteiger partial charge in [-0.05, 0) is 104 Å². The smallest absolute Gasteiger partial charge is 0.328 e. The predicted molar refractivity (Wildman–Crippen MR) is 289 cm³/mol. The molecule has 2 amide bonds. The van der Waals surface area contributed by atoms with Crippen molar-refractivity contribution in [2.24, 2.45) is 40.5 Å². The van der Waals surface area contributed by atoms with Gasteiger partial charge in [-0.2, -0.15) is 0 Å². The summed E-state index contributed by atoms with van der Waals surface area (Å²) in [6, 6.07) is 9.19. The van der Waals surface area contributed by atoms with E-state index in [1.807, 2.05) is 13.8 Å². The average molecular weight is 999 g/mol. The topological polar surface area (TPSA) is 151 Å². The van der Waals surface area contributed by atoms with Crippen molar-refractivity contribution in [1.29, 1.82) is 0 Å². The first-order valence-corrected chi connectivity index (χ1v) is 28.1. The Labute approximate surface area is 431 Å². The number of thioether (sulfide) groups is 1. The van der Waals surface area contributed by atoms with Crippen LogP contribution in [0.4, 0.5) is 0 Å². The summed E-state index contributed by atoms with van der Waals surface area (Å²) >= 11 is 1.56. The van der Waals surface area contributed by atoms with Crippen molar-refractivity contribution in [3.05, 3.63) is 65.0 Å². The van der Waals surface area contributed by atoms with Crippen molar-refractivity contribution in [3.8, 4) is 11.8 Å². The van der Waals surface area contributed by atoms with Crippen LogP contribution >= 0.6 is 11.8 Å². The minimum atomic E-state index is -0.858. The van der Waals surface area contributed by atoms with E-state index in [0.29, 0.717) is 72.9 Å². The Morgan fingerprint density at radius 3 is 2.25 bits per heavy atom. The lowest BCUT2D eigenvalue weighted by molar-refractivity contribution is -0.141. The summed E-state index contributed by atoms with van der Waals surface area (Å²) in [6.45, 7) is 25.1. The minimum absolute atomic E-state index is 0.0463. The third kappa shape index (κ3) is 12.9. The number of likely N-dealkylation sites (tertiary alicyclic amines) is 1. The van der Waals surface area contributed by atoms with Crippen molar-refractivity contribution in [3.63, 3.8) is 0 Å². The van der Waals surface area contributed by atoms with E-state index in [-0.39, 0.29) is 52.1 Å². The number of amides is 2. The molecule has 2 aliphatic heterocycles. The van der Waals surface area contributed by atoms with Crippen LogP contribution in [-0.4, -0.2) is 114 Å². The number of carboxylic acids is 1. The van der Waals surface area contributed by atoms with Gasteiger partial charge in [0, 0.05) is 85.9 Å². The Balaban J connectivity index is 1.02. The third-order valence-corrected chi connectivity index (χ3v) is 18.3. The Kier molecular flexibility index (Phi) is 19.0. The second-order valence-electron chi connectivity index (χ2n) is 22.9. The Hall–Kier alpha value is -4.39. The fraction of sp³-hybridized carbons (Fsp3) is 0.690. The fourth-order valence-corrected chi connectivity index (χ4v) is 12.9. The molecule has 0 spiro atoms. The van der Waals surface area contributed by atoms with Crippen molar-refractivity contribution in [1.82, 2.24) is 24.6 Å². The third-order valence-electron chi connectivity index (χ3n) is 16.9. The number of aliphatic imine (C=N–C) groups is 1. The number of unbranched alkanes of at least 4 members (excludes halogenated alkanes) is 2. The fourth-order valence-electron chi connectivity index (χ4n) is 11.8. The summed E-state index contributed by atoms with van der Waals surface area (Å²) in [5.41, 5.74) is 5.95. The molecular formula is C58H90N6O6S. The predicted octanol–water partition coefficient (Wildman–Crippen LogP) is 11.3. The van der Waals surface area contributed by atoms with E-state index in [1.165, 1.54) is 17.7 Å². The van der Waals surface area contributed by atoms with Crippen LogP contribution in [0, 0.1) is 35.5 Å². The van der Waals surface area contributed by atoms with Crippen LogP contribution in [-0.2, 0) is 27.3 Å². The number of carbonyl (C=O) groups excluding carboxylic acids is 2. The zero-order chi connectivity index (χ0) is 52.1. The van der Waals surface area contributed by atoms with Crippen molar-refractivity contribution in [2.45, 2.75) is 206 Å². The van der Waals surface area contributed by atoms with Gasteiger partial charge in [0.2, 0.25) is 17.7 Å². The van der Waals surface area contributed by atoms with Crippen LogP contribution in [0.1, 0.15) is 164 Å². The van der Waals surface area contributed by atoms with E-state index in [2.05, 4.69) is 121 Å². The first-order valence-electron chi connectivity index (χ1n) is 27.3. The summed E-state index contributed by atoms with van der Waals surface area (Å²) in [5.74, 6) is 1.07. The number of benzene rings is 1. The highest BCUT2D eigenvalue weighted by atomic mass is 32.2. The quantitative estimate of drug-likeness (QED) is 0.0563. The monoisotopic (exact) mass is 999 g/mol. The maximum atomic E-state index is 14.3. The number of nitrogens with zero attached hydrogens (tertiary/aromatic N) is 5. The number of rotatable bonds is 25. The molecule has 394 valence electrons. The molecule has 0 bridgehead atoms. The lowest BCUT2D eigenvalue weighted by Crippen LogP contribution is -2.55. The summed E-state index contributed by atoms with van der Waals surface area (Å²) < 4.78 is 1.48. The number of aromatic nitrogens is 1. The van der Waals surface area contributed by atoms with E-state index in [0.717, 1.165) is 68.5 Å². The summed E-state index contributed by atoms with van der Waals surface area (Å²) in [7, 11) is 3.95. The Morgan fingerprint density at radius 2 is 1.66 bits per heavy atom. The number of allylic oxidation sites excluding steroid dienone is 1. The number of aliphatic carboxylic acids is 1. The molecule has 12 nitrogen and oxygen atoms in total. The number of nitrogens with one attached hydrogen (secondary N) is 1. The molecular weight excluding hydrogens is 909 g/mol. The standard InChI is InChI=1S/C58H90N6O6S/c1-14-37(8)41-25-23-39(24-26-41)29-46(57(69)70)59-45-33-44(38(45)9)47-21-20-28-63(47)43-30-42(31-43)54-40(15-2)32-48(61(54)12)52(35(4)5)60-55(67)53(36(6)7)62(13)50(65)22-18-17-19-27-64-51(66)34-49(56(64)68)71-58(10,11)16-3/h23-26,30,32,34-38,40,42,44,46-47,52-54,66,68H,14-22,27-29,31,33H2,1-13H3,(H,60,67)(H,69,70). The average Bonchev–Trinajstić information content (AvgIpc) is 3.99. The first kappa shape index (κ1) is 55.9. The molecule has 2 aliphatic carbocycles. The molecule has 0 radical (unpaired) electrons. The number of hydrogen-bond acceptors (Lipinski definition) is 9. The first-order chi connectivity index (χ1) is 33.6. The van der Waals surface area contributed by atoms with Crippen LogP contribution in [0.5, 0.6) is 11.8 Å². The molecule has 4 aliphatic rings. The van der Waals surface area contributed by atoms with Crippen LogP contribution < -0.4 is 5.32 Å². The van der Waals surface area contributed by atoms with Gasteiger partial charge in [0.05, 0.1) is 10.9 Å². The van der Waals surface area contributed by atoms with Gasteiger partial charge >= 0.3 is 5.97 Å². The lowest BCUT2D eigenvalue weighted by atomic mass is 9.67. The SMILES string of the molecule is CCC(C)c1ccc(CC(N=C2CC(C3CCCN3C3=CC(C4C(CC)C=C(C(NC(=O)C(C(C)C)N(C)C(=O)CCCCCn5c(O)cc(SC(C)(C)CC)c5O)C(C)C)N4C)C3)C2C)C(=O)O)cc1. The van der Waals surface area contributed by atoms with Gasteiger partial charge < -0.3 is 35.3 Å². The van der Waals surface area contributed by atoms with Crippen molar-refractivity contribution < 1.29 is 29.7 Å². The zero-order valence-electron chi connectivity index (χ0n) is 45.6. The van der Waals surface area contributed by atoms with E-state index < -0.39 is 18.1 Å². The maximum absolute atomic E-state index is 14.3. The molecule has 4 N–H and O–H groups in total. The van der Waals surface area contributed by atoms with E-state index in [9.17, 15) is 29.7 Å². The maximum Gasteiger partial charge on any atom is 0.328 e. The zero-order valence-corrected chi connectivity index (χ0v) is 46.4. The largest absolute Gasteiger partial charge is 0.494 e. The number of likely N-dealkylation sites (N-methyl/N-ethyl adjacent to an activating group) is 2. The second-order valence-corrected chi connectivity index (χ2v) is 24.6. The minimum Gasteiger partial charge on any atom is -0.494 e. The van der Waals surface area contributed by atoms with Crippen LogP contribution in [0.25, 0.3) is 0 Å². The van der Waals surface area contributed by atoms with E-state index in [4.69, 9.17) is 4.99 Å². The number of carboxylic acid groups (broad SMARTS) is 1. The molecule has 1 aromatic heterocycles. The van der Waals surface area contributed by atoms with Gasteiger partial charge in [0.25, 0.3) is 0 Å². The molecule has 71 heavy (non-hydrogen) atoms. The van der Waals surface area contributed by atoms with Gasteiger partial charge in [-0.15, -0.1) is 11.8 Å². The molecule has 13 heteroatoms. The molecule has 1 saturated carbocycles. The van der Waals surface area contributed by atoms with Gasteiger partial charge in [-0.3, -0.25) is 19.1 Å². The molecule has 1 aromatic carbocycles. The van der Waals surface area contributed by atoms with E-state index in [1.54, 1.807) is 34.3 Å². The molecule has 2 fully saturated rings. The van der Waals surface area contributed by atoms with Crippen LogP contribution in [0.2, 0.25) is 0 Å². The molecule has 10 unspecified atom stereocenters. The Morgan fingerprint density at radius 1 is 0.972 bits per heavy atom. The summed E-state index contributed by atoms with van der Waals surface area (Å²) in [4.78, 5) is 52.7. The second kappa shape index (κ2) is 24.1. The van der Waals surface area contributed by atoms with Gasteiger partial charge in [-0.25, -0.2) is 4.79 Å². The highest BCUT2D eigenvalue weighted by molar-refractivity contribution is 8.00. The summed E-state index contributed by atoms with van der Waals surface area (Å²) in [6.07, 6.45) is 14.9. The lowest BCUT2D eigenvalue weighted by Gasteiger charge is -2.48. The molecule has 10 atom stereocenters. The highest BCUT2D eigenvalue weighted by Gasteiger charge is 2.48. The molecule has 2 aromatic rings. The normalized spacial score (nSPS) is 24.6. The number of carbonyl (C=O) groups is 3. The molecule has 3 heterocycles. The van der Waals surface area contributed by atoms with Gasteiger partial charge in [-0.1, -0.05) is 119 Å². The van der Waals surface area contributed by atoms with Crippen molar-refractivity contribution in [2.75, 3.05) is 20.6 Å². The van der Waals surface area contributed by atoms with E-state index >= 15 is 0 Å². The number of hydrogen-bond donors (Lipinski definition) is 4. The number of aromatic hydroxyl groups is 2. The highest BCUT2D eigenvalue weighted by Crippen LogP contribution is 2.48. The molecule has 6 rings (SSSR count). The van der Waals surface area contributed by atoms with Crippen LogP contribution in [0.15, 0.2) is 63.8 Å². The Bertz CT molecular complexity index is 2250. The summed E-state index contributed by atoms with van der Waals surface area (Å²) in [5, 5.41) is 35.0. The molecule has 1 saturated heterocycles. The van der Waals surface area contributed by atoms with Gasteiger partial charge in [0.1, 0.15) is 6.04 Å². The van der Waals surface area contributed by atoms with Crippen LogP contribution in [0.3, 0.4) is 0 Å². The van der Waals surface area contributed by atoms with Gasteiger partial charge in [0.15, 0.2) is 11.9 Å².